The van der Waals surface area contributed by atoms with E-state index in [1.54, 1.807) is 0 Å². The van der Waals surface area contributed by atoms with E-state index in [9.17, 15) is 0 Å². The Morgan fingerprint density at radius 1 is 0.610 bits per heavy atom. The van der Waals surface area contributed by atoms with E-state index in [-0.39, 0.29) is 67.3 Å². The van der Waals surface area contributed by atoms with Crippen LogP contribution in [0, 0.1) is 0 Å². The summed E-state index contributed by atoms with van der Waals surface area (Å²) in [7, 11) is 3.85. The van der Waals surface area contributed by atoms with E-state index in [4.69, 9.17) is 42.1 Å². The number of benzene rings is 4. The molecule has 2 aliphatic rings. The fourth-order valence-corrected chi connectivity index (χ4v) is 7.28. The Balaban J connectivity index is 0.00000105. The first-order valence-corrected chi connectivity index (χ1v) is 20.0. The highest BCUT2D eigenvalue weighted by molar-refractivity contribution is 6.30. The van der Waals surface area contributed by atoms with Gasteiger partial charge >= 0.3 is 0 Å². The number of morpholine rings is 2. The number of ether oxygens (including phenoxy) is 4. The van der Waals surface area contributed by atoms with Crippen molar-refractivity contribution in [3.05, 3.63) is 129 Å². The predicted molar refractivity (Wildman–Crippen MR) is 254 cm³/mol. The van der Waals surface area contributed by atoms with Crippen LogP contribution in [0.2, 0.25) is 10.0 Å². The second kappa shape index (κ2) is 30.9. The third-order valence-electron chi connectivity index (χ3n) is 10.0. The molecule has 0 saturated carbocycles. The molecule has 9 nitrogen and oxygen atoms in total. The van der Waals surface area contributed by atoms with Crippen molar-refractivity contribution in [1.82, 2.24) is 20.4 Å². The first-order chi connectivity index (χ1) is 26.3. The molecule has 2 saturated heterocycles. The number of likely N-dealkylation sites (N-methyl/N-ethyl adjacent to an activating group) is 2. The first kappa shape index (κ1) is 56.9. The maximum absolute atomic E-state index is 6.14. The standard InChI is InChI=1S/2C22H29ClN2O2.4ClH.H2O/c2*1-17(14-18-6-8-21(9-7-18)26-12-10-24-2)25-11-13-27-22(16-25)19-4-3-5-20(23)15-19;;;;;/h2*3-9,15,17,22,24H,10-14,16H2,1-2H3;4*1H;1H2. The maximum Gasteiger partial charge on any atom is 0.119 e. The first-order valence-electron chi connectivity index (χ1n) is 19.3. The van der Waals surface area contributed by atoms with Crippen LogP contribution in [0.5, 0.6) is 11.5 Å². The molecule has 332 valence electrons. The zero-order valence-electron chi connectivity index (χ0n) is 34.4. The van der Waals surface area contributed by atoms with E-state index in [1.165, 1.54) is 11.1 Å². The number of nitrogens with one attached hydrogen (secondary N) is 2. The topological polar surface area (TPSA) is 99.0 Å². The van der Waals surface area contributed by atoms with Crippen molar-refractivity contribution in [3.8, 4) is 11.5 Å². The van der Waals surface area contributed by atoms with Gasteiger partial charge in [-0.3, -0.25) is 9.80 Å². The molecule has 2 heterocycles. The molecule has 4 unspecified atom stereocenters. The smallest absolute Gasteiger partial charge is 0.119 e. The summed E-state index contributed by atoms with van der Waals surface area (Å²) in [6, 6.07) is 33.8. The second-order valence-electron chi connectivity index (χ2n) is 14.1. The molecule has 2 fully saturated rings. The summed E-state index contributed by atoms with van der Waals surface area (Å²) < 4.78 is 23.4. The highest BCUT2D eigenvalue weighted by Crippen LogP contribution is 2.28. The molecule has 0 spiro atoms. The molecule has 0 aromatic heterocycles. The second-order valence-corrected chi connectivity index (χ2v) is 15.0. The molecule has 15 heteroatoms. The fraction of sp³-hybridized carbons (Fsp3) is 0.455. The van der Waals surface area contributed by atoms with Crippen LogP contribution in [-0.4, -0.2) is 107 Å². The van der Waals surface area contributed by atoms with Gasteiger partial charge in [0.05, 0.1) is 25.4 Å². The SMILES string of the molecule is CNCCOc1ccc(CC(C)N2CCOC(c3cccc(Cl)c3)C2)cc1.CNCCOc1ccc(CC(C)N2CCOC(c3cccc(Cl)c3)C2)cc1.Cl.Cl.Cl.Cl.O. The Morgan fingerprint density at radius 3 is 1.32 bits per heavy atom. The molecule has 59 heavy (non-hydrogen) atoms. The molecule has 2 aliphatic heterocycles. The Kier molecular flexibility index (Phi) is 29.8. The van der Waals surface area contributed by atoms with E-state index < -0.39 is 0 Å². The maximum atomic E-state index is 6.14. The lowest BCUT2D eigenvalue weighted by Crippen LogP contribution is -2.44. The normalized spacial score (nSPS) is 17.4. The van der Waals surface area contributed by atoms with Crippen LogP contribution < -0.4 is 20.1 Å². The van der Waals surface area contributed by atoms with Gasteiger partial charge in [0.1, 0.15) is 24.7 Å². The lowest BCUT2D eigenvalue weighted by molar-refractivity contribution is -0.0425. The van der Waals surface area contributed by atoms with Crippen molar-refractivity contribution in [2.24, 2.45) is 0 Å². The van der Waals surface area contributed by atoms with Gasteiger partial charge in [0.15, 0.2) is 0 Å². The van der Waals surface area contributed by atoms with Gasteiger partial charge in [-0.15, -0.1) is 49.6 Å². The Bertz CT molecular complexity index is 1560. The Labute approximate surface area is 387 Å². The van der Waals surface area contributed by atoms with Gasteiger partial charge in [0.25, 0.3) is 0 Å². The minimum Gasteiger partial charge on any atom is -0.492 e. The van der Waals surface area contributed by atoms with E-state index in [1.807, 2.05) is 50.5 Å². The minimum absolute atomic E-state index is 0. The summed E-state index contributed by atoms with van der Waals surface area (Å²) in [5.74, 6) is 1.85. The van der Waals surface area contributed by atoms with Crippen LogP contribution in [0.1, 0.15) is 48.3 Å². The largest absolute Gasteiger partial charge is 0.492 e. The summed E-state index contributed by atoms with van der Waals surface area (Å²) in [6.07, 6.45) is 2.20. The average Bonchev–Trinajstić information content (AvgIpc) is 3.20. The molecule has 6 rings (SSSR count). The molecule has 0 bridgehead atoms. The summed E-state index contributed by atoms with van der Waals surface area (Å²) in [5, 5.41) is 7.69. The van der Waals surface area contributed by atoms with Crippen LogP contribution in [0.3, 0.4) is 0 Å². The number of nitrogens with zero attached hydrogens (tertiary/aromatic N) is 2. The van der Waals surface area contributed by atoms with Crippen LogP contribution in [0.15, 0.2) is 97.1 Å². The number of hydrogen-bond donors (Lipinski definition) is 2. The monoisotopic (exact) mass is 938 g/mol. The lowest BCUT2D eigenvalue weighted by atomic mass is 10.0. The van der Waals surface area contributed by atoms with Crippen molar-refractivity contribution in [2.75, 3.05) is 79.8 Å². The van der Waals surface area contributed by atoms with Gasteiger partial charge in [-0.25, -0.2) is 0 Å². The average molecular weight is 942 g/mol. The number of rotatable bonds is 16. The van der Waals surface area contributed by atoms with Gasteiger partial charge in [0, 0.05) is 61.4 Å². The van der Waals surface area contributed by atoms with Crippen LogP contribution in [0.4, 0.5) is 0 Å². The van der Waals surface area contributed by atoms with Crippen molar-refractivity contribution in [2.45, 2.75) is 51.0 Å². The van der Waals surface area contributed by atoms with Gasteiger partial charge in [-0.2, -0.15) is 0 Å². The van der Waals surface area contributed by atoms with E-state index in [0.29, 0.717) is 25.3 Å². The van der Waals surface area contributed by atoms with Crippen molar-refractivity contribution >= 4 is 72.8 Å². The highest BCUT2D eigenvalue weighted by Gasteiger charge is 2.27. The Morgan fingerprint density at radius 2 is 0.983 bits per heavy atom. The third kappa shape index (κ3) is 19.3. The summed E-state index contributed by atoms with van der Waals surface area (Å²) in [5.41, 5.74) is 4.97. The van der Waals surface area contributed by atoms with Crippen molar-refractivity contribution < 1.29 is 24.4 Å². The molecule has 4 N–H and O–H groups in total. The lowest BCUT2D eigenvalue weighted by Gasteiger charge is -2.37. The van der Waals surface area contributed by atoms with Gasteiger partial charge < -0.3 is 35.1 Å². The van der Waals surface area contributed by atoms with Crippen LogP contribution >= 0.6 is 72.8 Å². The number of hydrogen-bond acceptors (Lipinski definition) is 8. The zero-order chi connectivity index (χ0) is 38.1. The predicted octanol–water partition coefficient (Wildman–Crippen LogP) is 8.75. The van der Waals surface area contributed by atoms with Crippen molar-refractivity contribution in [3.63, 3.8) is 0 Å². The van der Waals surface area contributed by atoms with Crippen LogP contribution in [0.25, 0.3) is 0 Å². The number of halogens is 6. The van der Waals surface area contributed by atoms with Gasteiger partial charge in [-0.1, -0.05) is 71.7 Å². The molecule has 0 aliphatic carbocycles. The van der Waals surface area contributed by atoms with Crippen molar-refractivity contribution in [1.29, 1.82) is 0 Å². The third-order valence-corrected chi connectivity index (χ3v) is 10.5. The summed E-state index contributed by atoms with van der Waals surface area (Å²) >= 11 is 12.3. The quantitative estimate of drug-likeness (QED) is 0.108. The van der Waals surface area contributed by atoms with Gasteiger partial charge in [-0.05, 0) is 112 Å². The van der Waals surface area contributed by atoms with Gasteiger partial charge in [0.2, 0.25) is 0 Å². The molecule has 4 aromatic rings. The molecule has 4 atom stereocenters. The fourth-order valence-electron chi connectivity index (χ4n) is 6.88. The summed E-state index contributed by atoms with van der Waals surface area (Å²) in [4.78, 5) is 5.01. The molecular weight excluding hydrogens is 877 g/mol. The molecule has 0 amide bonds. The molecule has 0 radical (unpaired) electrons. The summed E-state index contributed by atoms with van der Waals surface area (Å²) in [6.45, 7) is 12.9. The highest BCUT2D eigenvalue weighted by atomic mass is 35.5. The van der Waals surface area contributed by atoms with E-state index in [0.717, 1.165) is 98.0 Å². The molecule has 4 aromatic carbocycles. The molecular formula is C44H64Cl6N4O5. The zero-order valence-corrected chi connectivity index (χ0v) is 39.2. The van der Waals surface area contributed by atoms with Crippen LogP contribution in [-0.2, 0) is 22.3 Å². The van der Waals surface area contributed by atoms with E-state index >= 15 is 0 Å². The minimum atomic E-state index is 0. The van der Waals surface area contributed by atoms with E-state index in [2.05, 4.69) is 94.9 Å². The Hall–Kier alpha value is -2.06.